The second kappa shape index (κ2) is 6.22. The topological polar surface area (TPSA) is 90.7 Å². The molecule has 6 heteroatoms. The summed E-state index contributed by atoms with van der Waals surface area (Å²) in [7, 11) is 0. The van der Waals surface area contributed by atoms with Crippen LogP contribution in [0.5, 0.6) is 0 Å². The predicted octanol–water partition coefficient (Wildman–Crippen LogP) is 3.08. The van der Waals surface area contributed by atoms with Gasteiger partial charge >= 0.3 is 0 Å². The van der Waals surface area contributed by atoms with Crippen molar-refractivity contribution in [2.45, 2.75) is 20.8 Å². The van der Waals surface area contributed by atoms with E-state index in [1.165, 1.54) is 0 Å². The molecule has 0 aliphatic rings. The van der Waals surface area contributed by atoms with Gasteiger partial charge in [-0.3, -0.25) is 4.79 Å². The fourth-order valence-electron chi connectivity index (χ4n) is 1.55. The van der Waals surface area contributed by atoms with Crippen molar-refractivity contribution in [2.24, 2.45) is 5.41 Å². The number of carbonyl (C=O) groups excluding carboxylic acids is 1. The number of hydrogen-bond acceptors (Lipinski definition) is 5. The van der Waals surface area contributed by atoms with Gasteiger partial charge in [-0.2, -0.15) is 5.26 Å². The number of benzene rings is 1. The standard InChI is InChI=1S/C16H17N5O/c1-16(2,3)15(22)19-14-9-8-13(20-21-14)18-12-6-4-11(10-17)5-7-12/h4-9H,1-3H3,(H,18,20)(H,19,21,22). The Morgan fingerprint density at radius 1 is 1.05 bits per heavy atom. The largest absolute Gasteiger partial charge is 0.339 e. The van der Waals surface area contributed by atoms with Crippen molar-refractivity contribution in [3.63, 3.8) is 0 Å². The average molecular weight is 295 g/mol. The highest BCUT2D eigenvalue weighted by Crippen LogP contribution is 2.18. The van der Waals surface area contributed by atoms with Gasteiger partial charge in [0.25, 0.3) is 0 Å². The summed E-state index contributed by atoms with van der Waals surface area (Å²) in [4.78, 5) is 11.8. The number of nitrogens with zero attached hydrogens (tertiary/aromatic N) is 3. The van der Waals surface area contributed by atoms with Crippen LogP contribution in [0.15, 0.2) is 36.4 Å². The summed E-state index contributed by atoms with van der Waals surface area (Å²) in [5.41, 5.74) is 0.915. The third kappa shape index (κ3) is 4.03. The molecule has 1 aromatic carbocycles. The van der Waals surface area contributed by atoms with Gasteiger partial charge in [-0.05, 0) is 36.4 Å². The first kappa shape index (κ1) is 15.4. The zero-order valence-electron chi connectivity index (χ0n) is 12.7. The van der Waals surface area contributed by atoms with Crippen LogP contribution in [0.4, 0.5) is 17.3 Å². The minimum Gasteiger partial charge on any atom is -0.339 e. The normalized spacial score (nSPS) is 10.6. The SMILES string of the molecule is CC(C)(C)C(=O)Nc1ccc(Nc2ccc(C#N)cc2)nn1. The Bertz CT molecular complexity index is 693. The number of rotatable bonds is 3. The molecule has 22 heavy (non-hydrogen) atoms. The van der Waals surface area contributed by atoms with Crippen LogP contribution >= 0.6 is 0 Å². The van der Waals surface area contributed by atoms with Crippen LogP contribution in [-0.2, 0) is 4.79 Å². The van der Waals surface area contributed by atoms with E-state index in [0.29, 0.717) is 17.2 Å². The van der Waals surface area contributed by atoms with Crippen LogP contribution in [0, 0.1) is 16.7 Å². The van der Waals surface area contributed by atoms with Crippen molar-refractivity contribution in [3.05, 3.63) is 42.0 Å². The molecule has 6 nitrogen and oxygen atoms in total. The van der Waals surface area contributed by atoms with Crippen LogP contribution in [0.1, 0.15) is 26.3 Å². The molecule has 0 atom stereocenters. The molecule has 1 aromatic heterocycles. The van der Waals surface area contributed by atoms with Crippen molar-refractivity contribution in [1.82, 2.24) is 10.2 Å². The Morgan fingerprint density at radius 3 is 2.14 bits per heavy atom. The molecule has 0 aliphatic heterocycles. The van der Waals surface area contributed by atoms with Gasteiger partial charge in [0.2, 0.25) is 5.91 Å². The van der Waals surface area contributed by atoms with E-state index in [9.17, 15) is 4.79 Å². The van der Waals surface area contributed by atoms with E-state index in [0.717, 1.165) is 5.69 Å². The van der Waals surface area contributed by atoms with Gasteiger partial charge in [-0.1, -0.05) is 20.8 Å². The first-order valence-corrected chi connectivity index (χ1v) is 6.81. The second-order valence-electron chi connectivity index (χ2n) is 5.82. The lowest BCUT2D eigenvalue weighted by molar-refractivity contribution is -0.123. The van der Waals surface area contributed by atoms with E-state index in [1.54, 1.807) is 36.4 Å². The second-order valence-corrected chi connectivity index (χ2v) is 5.82. The molecule has 2 aromatic rings. The zero-order valence-corrected chi connectivity index (χ0v) is 12.7. The highest BCUT2D eigenvalue weighted by atomic mass is 16.2. The van der Waals surface area contributed by atoms with Gasteiger partial charge in [-0.25, -0.2) is 0 Å². The van der Waals surface area contributed by atoms with Crippen molar-refractivity contribution in [2.75, 3.05) is 10.6 Å². The van der Waals surface area contributed by atoms with Crippen LogP contribution in [0.25, 0.3) is 0 Å². The lowest BCUT2D eigenvalue weighted by Gasteiger charge is -2.16. The Labute approximate surface area is 129 Å². The molecule has 112 valence electrons. The molecule has 0 saturated carbocycles. The molecule has 0 unspecified atom stereocenters. The number of hydrogen-bond donors (Lipinski definition) is 2. The van der Waals surface area contributed by atoms with Crippen LogP contribution < -0.4 is 10.6 Å². The molecule has 1 amide bonds. The fraction of sp³-hybridized carbons (Fsp3) is 0.250. The third-order valence-electron chi connectivity index (χ3n) is 2.87. The summed E-state index contributed by atoms with van der Waals surface area (Å²) in [6.45, 7) is 5.49. The first-order valence-electron chi connectivity index (χ1n) is 6.81. The molecular weight excluding hydrogens is 278 g/mol. The Balaban J connectivity index is 2.02. The monoisotopic (exact) mass is 295 g/mol. The van der Waals surface area contributed by atoms with Crippen molar-refractivity contribution in [1.29, 1.82) is 5.26 Å². The summed E-state index contributed by atoms with van der Waals surface area (Å²) in [5.74, 6) is 0.846. The molecule has 0 bridgehead atoms. The molecule has 0 fully saturated rings. The Kier molecular flexibility index (Phi) is 4.37. The summed E-state index contributed by atoms with van der Waals surface area (Å²) in [5, 5.41) is 22.5. The average Bonchev–Trinajstić information content (AvgIpc) is 2.49. The maximum absolute atomic E-state index is 11.8. The van der Waals surface area contributed by atoms with Crippen molar-refractivity contribution in [3.8, 4) is 6.07 Å². The van der Waals surface area contributed by atoms with Gasteiger partial charge in [-0.15, -0.1) is 10.2 Å². The molecule has 0 radical (unpaired) electrons. The highest BCUT2D eigenvalue weighted by molar-refractivity contribution is 5.93. The molecule has 0 aliphatic carbocycles. The molecular formula is C16H17N5O. The van der Waals surface area contributed by atoms with Crippen molar-refractivity contribution >= 4 is 23.2 Å². The third-order valence-corrected chi connectivity index (χ3v) is 2.87. The molecule has 2 rings (SSSR count). The minimum atomic E-state index is -0.485. The van der Waals surface area contributed by atoms with E-state index in [-0.39, 0.29) is 5.91 Å². The molecule has 0 spiro atoms. The van der Waals surface area contributed by atoms with Crippen LogP contribution in [-0.4, -0.2) is 16.1 Å². The van der Waals surface area contributed by atoms with E-state index >= 15 is 0 Å². The maximum atomic E-state index is 11.8. The van der Waals surface area contributed by atoms with E-state index in [1.807, 2.05) is 20.8 Å². The van der Waals surface area contributed by atoms with Gasteiger partial charge < -0.3 is 10.6 Å². The first-order chi connectivity index (χ1) is 10.4. The summed E-state index contributed by atoms with van der Waals surface area (Å²) in [6.07, 6.45) is 0. The lowest BCUT2D eigenvalue weighted by atomic mass is 9.96. The highest BCUT2D eigenvalue weighted by Gasteiger charge is 2.21. The molecule has 2 N–H and O–H groups in total. The van der Waals surface area contributed by atoms with Gasteiger partial charge in [0.15, 0.2) is 11.6 Å². The van der Waals surface area contributed by atoms with E-state index < -0.39 is 5.41 Å². The fourth-order valence-corrected chi connectivity index (χ4v) is 1.55. The number of nitrogens with one attached hydrogen (secondary N) is 2. The predicted molar refractivity (Wildman–Crippen MR) is 84.6 cm³/mol. The van der Waals surface area contributed by atoms with Gasteiger partial charge in [0.05, 0.1) is 11.6 Å². The van der Waals surface area contributed by atoms with E-state index in [4.69, 9.17) is 5.26 Å². The summed E-state index contributed by atoms with van der Waals surface area (Å²) < 4.78 is 0. The Hall–Kier alpha value is -2.94. The van der Waals surface area contributed by atoms with Gasteiger partial charge in [0.1, 0.15) is 0 Å². The minimum absolute atomic E-state index is 0.116. The quantitative estimate of drug-likeness (QED) is 0.908. The van der Waals surface area contributed by atoms with Gasteiger partial charge in [0, 0.05) is 11.1 Å². The lowest BCUT2D eigenvalue weighted by Crippen LogP contribution is -2.28. The molecule has 1 heterocycles. The van der Waals surface area contributed by atoms with Crippen LogP contribution in [0.2, 0.25) is 0 Å². The van der Waals surface area contributed by atoms with E-state index in [2.05, 4.69) is 26.9 Å². The summed E-state index contributed by atoms with van der Waals surface area (Å²) in [6, 6.07) is 12.5. The zero-order chi connectivity index (χ0) is 16.2. The smallest absolute Gasteiger partial charge is 0.230 e. The van der Waals surface area contributed by atoms with Crippen molar-refractivity contribution < 1.29 is 4.79 Å². The number of amides is 1. The van der Waals surface area contributed by atoms with Crippen LogP contribution in [0.3, 0.4) is 0 Å². The summed E-state index contributed by atoms with van der Waals surface area (Å²) >= 11 is 0. The number of nitriles is 1. The number of aromatic nitrogens is 2. The number of anilines is 3. The number of carbonyl (C=O) groups is 1. The molecule has 0 saturated heterocycles. The maximum Gasteiger partial charge on any atom is 0.230 e. The Morgan fingerprint density at radius 2 is 1.64 bits per heavy atom.